The van der Waals surface area contributed by atoms with Gasteiger partial charge < -0.3 is 77.2 Å². The van der Waals surface area contributed by atoms with E-state index in [9.17, 15) is 0 Å². The summed E-state index contributed by atoms with van der Waals surface area (Å²) in [4.78, 5) is 0. The van der Waals surface area contributed by atoms with Crippen molar-refractivity contribution >= 4 is 0 Å². The summed E-state index contributed by atoms with van der Waals surface area (Å²) in [5.41, 5.74) is 0. The molecule has 0 rings (SSSR count). The Morgan fingerprint density at radius 3 is 0.357 bits per heavy atom. The molecule has 0 saturated heterocycles. The molecular weight excluding hydrogens is 229 g/mol. The fourth-order valence-corrected chi connectivity index (χ4v) is 0. The van der Waals surface area contributed by atoms with Crippen molar-refractivity contribution in [3.05, 3.63) is 45.6 Å². The van der Waals surface area contributed by atoms with Gasteiger partial charge in [-0.2, -0.15) is 0 Å². The van der Waals surface area contributed by atoms with Gasteiger partial charge in [0, 0.05) is 16.8 Å². The Labute approximate surface area is 94.4 Å². The van der Waals surface area contributed by atoms with Crippen molar-refractivity contribution in [2.75, 3.05) is 0 Å². The van der Waals surface area contributed by atoms with E-state index >= 15 is 0 Å². The number of rotatable bonds is 0. The molecule has 1 radical (unpaired) electrons. The summed E-state index contributed by atoms with van der Waals surface area (Å²) in [5, 5.41) is 37.5. The zero-order chi connectivity index (χ0) is 12.0. The normalized spacial score (nSPS) is 0.857. The van der Waals surface area contributed by atoms with Gasteiger partial charge in [-0.05, 0) is 0 Å². The van der Waals surface area contributed by atoms with Gasteiger partial charge >= 0.3 is 0 Å². The molecule has 0 unspecified atom stereocenters. The molecule has 0 fully saturated rings. The molecule has 0 aliphatic carbocycles. The van der Waals surface area contributed by atoms with Gasteiger partial charge in [-0.1, -0.05) is 0 Å². The largest absolute Gasteiger partial charge is 0.693 e. The zero-order valence-corrected chi connectivity index (χ0v) is 7.64. The maximum absolute atomic E-state index is 6.25. The van der Waals surface area contributed by atoms with Gasteiger partial charge in [0.05, 0.1) is 0 Å². The summed E-state index contributed by atoms with van der Waals surface area (Å²) in [6, 6.07) is 0. The van der Waals surface area contributed by atoms with E-state index < -0.39 is 0 Å². The van der Waals surface area contributed by atoms with Gasteiger partial charge in [-0.25, -0.2) is 0 Å². The molecule has 0 saturated carbocycles. The monoisotopic (exact) mass is 231 g/mol. The Hall–Kier alpha value is -2.59. The smallest absolute Gasteiger partial charge is 0 e. The molecule has 0 atom stereocenters. The van der Waals surface area contributed by atoms with Crippen molar-refractivity contribution in [2.24, 2.45) is 0 Å². The summed E-state index contributed by atoms with van der Waals surface area (Å²) in [5.74, 6) is 0. The Morgan fingerprint density at radius 1 is 0.357 bits per heavy atom. The van der Waals surface area contributed by atoms with E-state index in [2.05, 4.69) is 0 Å². The molecule has 0 aliphatic rings. The van der Waals surface area contributed by atoms with E-state index in [1.165, 1.54) is 0 Å². The van der Waals surface area contributed by atoms with E-state index in [0.29, 0.717) is 0 Å². The molecule has 2 N–H and O–H groups in total. The predicted octanol–water partition coefficient (Wildman–Crippen LogP) is 1.29. The van der Waals surface area contributed by atoms with Crippen LogP contribution in [0.15, 0.2) is 0 Å². The average Bonchev–Trinajstić information content (AvgIpc) is 2.33. The first kappa shape index (κ1) is 106. The van der Waals surface area contributed by atoms with Crippen LogP contribution in [-0.4, -0.2) is 0 Å². The van der Waals surface area contributed by atoms with Crippen LogP contribution in [0.25, 0.3) is 6.15 Å². The fourth-order valence-electron chi connectivity index (χ4n) is 0. The Bertz CT molecular complexity index is 93.2. The molecule has 0 spiro atoms. The Kier molecular flexibility index (Phi) is 1040. The quantitative estimate of drug-likeness (QED) is 0.566. The van der Waals surface area contributed by atoms with Crippen molar-refractivity contribution in [3.63, 3.8) is 0 Å². The van der Waals surface area contributed by atoms with Crippen molar-refractivity contribution in [3.8, 4) is 0 Å². The molecule has 77 valence electrons. The SMILES string of the molecule is [C-]#N.[C-]#N.[C-]#N.[C-]#N.[C-]#N.[C-]#N.[Co].[NH2-]. The minimum atomic E-state index is 0. The fraction of sp³-hybridized carbons (Fsp3) is 0. The van der Waals surface area contributed by atoms with Gasteiger partial charge in [-0.3, -0.25) is 0 Å². The first-order chi connectivity index (χ1) is 6.00. The third-order valence-corrected chi connectivity index (χ3v) is 0. The van der Waals surface area contributed by atoms with Crippen LogP contribution in [0.4, 0.5) is 0 Å². The van der Waals surface area contributed by atoms with Crippen molar-refractivity contribution in [1.29, 1.82) is 31.6 Å². The van der Waals surface area contributed by atoms with E-state index in [4.69, 9.17) is 71.0 Å². The summed E-state index contributed by atoms with van der Waals surface area (Å²) in [7, 11) is 0. The Morgan fingerprint density at radius 2 is 0.357 bits per heavy atom. The van der Waals surface area contributed by atoms with Gasteiger partial charge in [0.2, 0.25) is 0 Å². The van der Waals surface area contributed by atoms with Crippen LogP contribution in [0.2, 0.25) is 0 Å². The van der Waals surface area contributed by atoms with Crippen molar-refractivity contribution in [2.45, 2.75) is 0 Å². The van der Waals surface area contributed by atoms with Gasteiger partial charge in [0.1, 0.15) is 0 Å². The van der Waals surface area contributed by atoms with E-state index in [1.54, 1.807) is 0 Å². The molecular formula is C6H2CoN7-7. The van der Waals surface area contributed by atoms with Gasteiger partial charge in [-0.15, -0.1) is 0 Å². The van der Waals surface area contributed by atoms with Crippen LogP contribution >= 0.6 is 0 Å². The minimum Gasteiger partial charge on any atom is -0.693 e. The summed E-state index contributed by atoms with van der Waals surface area (Å²) < 4.78 is 0. The Balaban J connectivity index is -0.00000000500. The number of hydrogen-bond acceptors (Lipinski definition) is 6. The number of nitrogens with zero attached hydrogens (tertiary/aromatic N) is 6. The van der Waals surface area contributed by atoms with Crippen molar-refractivity contribution in [1.82, 2.24) is 0 Å². The van der Waals surface area contributed by atoms with Crippen LogP contribution in [0.3, 0.4) is 0 Å². The summed E-state index contributed by atoms with van der Waals surface area (Å²) in [6.07, 6.45) is 0. The molecule has 0 aromatic carbocycles. The van der Waals surface area contributed by atoms with Crippen LogP contribution < -0.4 is 0 Å². The van der Waals surface area contributed by atoms with Crippen LogP contribution in [0.5, 0.6) is 0 Å². The predicted molar refractivity (Wildman–Crippen MR) is 35.1 cm³/mol. The zero-order valence-electron chi connectivity index (χ0n) is 6.59. The molecule has 0 aliphatic heterocycles. The second kappa shape index (κ2) is 137. The van der Waals surface area contributed by atoms with E-state index in [-0.39, 0.29) is 22.9 Å². The summed E-state index contributed by atoms with van der Waals surface area (Å²) >= 11 is 0. The first-order valence-corrected chi connectivity index (χ1v) is 1.34. The molecule has 0 aromatic rings. The molecule has 7 nitrogen and oxygen atoms in total. The molecule has 0 heterocycles. The van der Waals surface area contributed by atoms with E-state index in [1.807, 2.05) is 0 Å². The molecule has 14 heavy (non-hydrogen) atoms. The first-order valence-electron chi connectivity index (χ1n) is 1.34. The molecule has 0 amide bonds. The third kappa shape index (κ3) is 98.8. The standard InChI is InChI=1S/6CN.Co.H2N/c6*1-2;;/h;;;;;;;1H2/q6*-1;;-1. The second-order valence-corrected chi connectivity index (χ2v) is 0. The maximum Gasteiger partial charge on any atom is 0 e. The van der Waals surface area contributed by atoms with Gasteiger partial charge in [0.15, 0.2) is 0 Å². The summed E-state index contributed by atoms with van der Waals surface area (Å²) in [6.45, 7) is 28.5. The van der Waals surface area contributed by atoms with E-state index in [0.717, 1.165) is 0 Å². The van der Waals surface area contributed by atoms with Gasteiger partial charge in [0.25, 0.3) is 0 Å². The number of hydrogen-bond donors (Lipinski definition) is 0. The van der Waals surface area contributed by atoms with Crippen LogP contribution in [0.1, 0.15) is 0 Å². The minimum absolute atomic E-state index is 0. The maximum atomic E-state index is 6.25. The van der Waals surface area contributed by atoms with Crippen molar-refractivity contribution < 1.29 is 16.8 Å². The molecule has 0 bridgehead atoms. The van der Waals surface area contributed by atoms with Crippen LogP contribution in [-0.2, 0) is 16.8 Å². The molecule has 0 aromatic heterocycles. The number of nitrogens with two attached hydrogens (primary N) is 1. The van der Waals surface area contributed by atoms with Crippen LogP contribution in [0, 0.1) is 71.0 Å². The topological polar surface area (TPSA) is 176 Å². The second-order valence-electron chi connectivity index (χ2n) is 0. The molecule has 8 heteroatoms. The third-order valence-electron chi connectivity index (χ3n) is 0. The average molecular weight is 231 g/mol.